The molecule has 128 valence electrons. The molecule has 0 radical (unpaired) electrons. The SMILES string of the molecule is CSCC[C@H](C(=O)[O-])N1C(=O)/C(=C/c2ccc(Cl)cc2Cl)SC1=S. The number of hydrogen-bond acceptors (Lipinski definition) is 6. The van der Waals surface area contributed by atoms with E-state index >= 15 is 0 Å². The Hall–Kier alpha value is -0.730. The maximum atomic E-state index is 12.6. The number of benzene rings is 1. The monoisotopic (exact) mass is 420 g/mol. The maximum Gasteiger partial charge on any atom is 0.266 e. The molecule has 0 N–H and O–H groups in total. The number of rotatable bonds is 6. The van der Waals surface area contributed by atoms with Gasteiger partial charge in [0.05, 0.1) is 16.9 Å². The standard InChI is InChI=1S/C15H13Cl2NO3S3/c1-23-5-4-11(14(20)21)18-13(19)12(24-15(18)22)6-8-2-3-9(16)7-10(8)17/h2-3,6-7,11H,4-5H2,1H3,(H,20,21)/p-1/b12-6-/t11-/m1/s1. The summed E-state index contributed by atoms with van der Waals surface area (Å²) >= 11 is 19.7. The fraction of sp³-hybridized carbons (Fsp3) is 0.267. The zero-order valence-electron chi connectivity index (χ0n) is 12.5. The Morgan fingerprint density at radius 1 is 1.50 bits per heavy atom. The Morgan fingerprint density at radius 3 is 2.79 bits per heavy atom. The lowest BCUT2D eigenvalue weighted by Gasteiger charge is -2.27. The molecule has 1 fully saturated rings. The molecule has 2 rings (SSSR count). The van der Waals surface area contributed by atoms with E-state index in [1.807, 2.05) is 6.26 Å². The molecule has 4 nitrogen and oxygen atoms in total. The topological polar surface area (TPSA) is 60.4 Å². The fourth-order valence-corrected chi connectivity index (χ4v) is 4.36. The molecule has 1 aromatic carbocycles. The van der Waals surface area contributed by atoms with Gasteiger partial charge in [-0.3, -0.25) is 9.69 Å². The van der Waals surface area contributed by atoms with Crippen molar-refractivity contribution in [2.45, 2.75) is 12.5 Å². The Morgan fingerprint density at radius 2 is 2.21 bits per heavy atom. The zero-order chi connectivity index (χ0) is 17.9. The third-order valence-corrected chi connectivity index (χ3v) is 5.79. The lowest BCUT2D eigenvalue weighted by Crippen LogP contribution is -2.50. The van der Waals surface area contributed by atoms with Crippen molar-refractivity contribution in [3.05, 3.63) is 38.7 Å². The summed E-state index contributed by atoms with van der Waals surface area (Å²) in [6, 6.07) is 3.83. The number of hydrogen-bond donors (Lipinski definition) is 0. The van der Waals surface area contributed by atoms with Crippen LogP contribution in [0.15, 0.2) is 23.1 Å². The molecule has 0 unspecified atom stereocenters. The summed E-state index contributed by atoms with van der Waals surface area (Å²) in [5.74, 6) is -1.19. The van der Waals surface area contributed by atoms with Crippen molar-refractivity contribution in [3.8, 4) is 0 Å². The van der Waals surface area contributed by atoms with Crippen LogP contribution >= 0.6 is 58.9 Å². The van der Waals surface area contributed by atoms with Gasteiger partial charge < -0.3 is 9.90 Å². The van der Waals surface area contributed by atoms with Crippen molar-refractivity contribution < 1.29 is 14.7 Å². The van der Waals surface area contributed by atoms with E-state index in [0.29, 0.717) is 26.3 Å². The van der Waals surface area contributed by atoms with E-state index in [0.717, 1.165) is 16.7 Å². The van der Waals surface area contributed by atoms with E-state index in [2.05, 4.69) is 0 Å². The molecule has 9 heteroatoms. The van der Waals surface area contributed by atoms with Crippen molar-refractivity contribution in [3.63, 3.8) is 0 Å². The van der Waals surface area contributed by atoms with E-state index in [4.69, 9.17) is 35.4 Å². The molecular formula is C15H12Cl2NO3S3-. The van der Waals surface area contributed by atoms with Crippen LogP contribution in [0.2, 0.25) is 10.0 Å². The second-order valence-corrected chi connectivity index (χ2v) is 8.34. The summed E-state index contributed by atoms with van der Waals surface area (Å²) in [6.07, 6.45) is 3.71. The minimum atomic E-state index is -1.31. The number of carbonyl (C=O) groups is 2. The molecule has 0 bridgehead atoms. The van der Waals surface area contributed by atoms with Crippen molar-refractivity contribution >= 4 is 81.2 Å². The number of carbonyl (C=O) groups excluding carboxylic acids is 2. The van der Waals surface area contributed by atoms with E-state index in [-0.39, 0.29) is 10.7 Å². The van der Waals surface area contributed by atoms with Crippen LogP contribution in [-0.2, 0) is 9.59 Å². The minimum absolute atomic E-state index is 0.201. The molecule has 1 heterocycles. The second-order valence-electron chi connectivity index (χ2n) is 4.83. The van der Waals surface area contributed by atoms with E-state index < -0.39 is 17.9 Å². The number of halogens is 2. The number of nitrogens with zero attached hydrogens (tertiary/aromatic N) is 1. The molecule has 1 amide bonds. The van der Waals surface area contributed by atoms with Gasteiger partial charge in [0.1, 0.15) is 4.32 Å². The predicted molar refractivity (Wildman–Crippen MR) is 103 cm³/mol. The predicted octanol–water partition coefficient (Wildman–Crippen LogP) is 3.07. The van der Waals surface area contributed by atoms with Gasteiger partial charge >= 0.3 is 0 Å². The van der Waals surface area contributed by atoms with Crippen LogP contribution in [0.1, 0.15) is 12.0 Å². The van der Waals surface area contributed by atoms with Gasteiger partial charge in [-0.25, -0.2) is 0 Å². The van der Waals surface area contributed by atoms with Crippen LogP contribution in [0.4, 0.5) is 0 Å². The minimum Gasteiger partial charge on any atom is -0.548 e. The highest BCUT2D eigenvalue weighted by Crippen LogP contribution is 2.36. The van der Waals surface area contributed by atoms with Crippen molar-refractivity contribution in [2.75, 3.05) is 12.0 Å². The molecular weight excluding hydrogens is 409 g/mol. The molecule has 0 spiro atoms. The van der Waals surface area contributed by atoms with Crippen molar-refractivity contribution in [2.24, 2.45) is 0 Å². The number of thiocarbonyl (C=S) groups is 1. The average molecular weight is 421 g/mol. The lowest BCUT2D eigenvalue weighted by atomic mass is 10.1. The molecule has 1 aliphatic rings. The van der Waals surface area contributed by atoms with Crippen LogP contribution in [0.3, 0.4) is 0 Å². The van der Waals surface area contributed by atoms with E-state index in [9.17, 15) is 14.7 Å². The summed E-state index contributed by atoms with van der Waals surface area (Å²) in [6.45, 7) is 0. The molecule has 0 saturated carbocycles. The summed E-state index contributed by atoms with van der Waals surface area (Å²) < 4.78 is 0.201. The Balaban J connectivity index is 2.30. The summed E-state index contributed by atoms with van der Waals surface area (Å²) in [7, 11) is 0. The van der Waals surface area contributed by atoms with Crippen molar-refractivity contribution in [1.82, 2.24) is 4.90 Å². The number of carboxylic acids is 1. The number of amides is 1. The van der Waals surface area contributed by atoms with Crippen LogP contribution in [0, 0.1) is 0 Å². The number of thioether (sulfide) groups is 2. The maximum absolute atomic E-state index is 12.6. The van der Waals surface area contributed by atoms with Crippen LogP contribution < -0.4 is 5.11 Å². The first kappa shape index (κ1) is 19.6. The highest BCUT2D eigenvalue weighted by molar-refractivity contribution is 8.26. The van der Waals surface area contributed by atoms with Crippen LogP contribution in [0.25, 0.3) is 6.08 Å². The van der Waals surface area contributed by atoms with E-state index in [1.165, 1.54) is 11.8 Å². The number of carboxylic acid groups (broad SMARTS) is 1. The Bertz CT molecular complexity index is 724. The highest BCUT2D eigenvalue weighted by atomic mass is 35.5. The summed E-state index contributed by atoms with van der Waals surface area (Å²) in [5, 5.41) is 12.3. The molecule has 1 saturated heterocycles. The highest BCUT2D eigenvalue weighted by Gasteiger charge is 2.37. The smallest absolute Gasteiger partial charge is 0.266 e. The third kappa shape index (κ3) is 4.46. The number of aliphatic carboxylic acids is 1. The second kappa shape index (κ2) is 8.58. The van der Waals surface area contributed by atoms with Crippen molar-refractivity contribution in [1.29, 1.82) is 0 Å². The average Bonchev–Trinajstić information content (AvgIpc) is 2.78. The van der Waals surface area contributed by atoms with Gasteiger partial charge in [-0.2, -0.15) is 11.8 Å². The first-order valence-electron chi connectivity index (χ1n) is 6.77. The third-order valence-electron chi connectivity index (χ3n) is 3.25. The first-order valence-corrected chi connectivity index (χ1v) is 10.1. The quantitative estimate of drug-likeness (QED) is 0.520. The molecule has 1 atom stereocenters. The molecule has 1 aliphatic heterocycles. The van der Waals surface area contributed by atoms with E-state index in [1.54, 1.807) is 24.3 Å². The molecule has 0 aliphatic carbocycles. The Kier molecular flexibility index (Phi) is 7.00. The molecule has 24 heavy (non-hydrogen) atoms. The summed E-state index contributed by atoms with van der Waals surface area (Å²) in [4.78, 5) is 25.4. The largest absolute Gasteiger partial charge is 0.548 e. The van der Waals surface area contributed by atoms with Gasteiger partial charge in [0.25, 0.3) is 5.91 Å². The zero-order valence-corrected chi connectivity index (χ0v) is 16.4. The van der Waals surface area contributed by atoms with Gasteiger partial charge in [0.15, 0.2) is 0 Å². The molecule has 0 aromatic heterocycles. The first-order chi connectivity index (χ1) is 11.3. The molecule has 1 aromatic rings. The fourth-order valence-electron chi connectivity index (χ4n) is 2.09. The normalized spacial score (nSPS) is 17.6. The van der Waals surface area contributed by atoms with Gasteiger partial charge in [-0.05, 0) is 42.2 Å². The lowest BCUT2D eigenvalue weighted by molar-refractivity contribution is -0.310. The van der Waals surface area contributed by atoms with Gasteiger partial charge in [0, 0.05) is 10.0 Å². The summed E-state index contributed by atoms with van der Waals surface area (Å²) in [5.41, 5.74) is 0.607. The van der Waals surface area contributed by atoms with Gasteiger partial charge in [-0.15, -0.1) is 0 Å². The van der Waals surface area contributed by atoms with Crippen LogP contribution in [0.5, 0.6) is 0 Å². The van der Waals surface area contributed by atoms with Crippen LogP contribution in [-0.4, -0.2) is 39.1 Å². The van der Waals surface area contributed by atoms with Gasteiger partial charge in [0.2, 0.25) is 0 Å². The Labute approximate surface area is 163 Å². The van der Waals surface area contributed by atoms with Gasteiger partial charge in [-0.1, -0.05) is 53.2 Å².